The van der Waals surface area contributed by atoms with Gasteiger partial charge >= 0.3 is 5.97 Å². The number of rotatable bonds is 7. The first-order chi connectivity index (χ1) is 7.52. The van der Waals surface area contributed by atoms with E-state index in [1.165, 1.54) is 0 Å². The van der Waals surface area contributed by atoms with Crippen LogP contribution >= 0.6 is 0 Å². The number of carboxylic acids is 1. The van der Waals surface area contributed by atoms with E-state index in [-0.39, 0.29) is 6.10 Å². The van der Waals surface area contributed by atoms with Gasteiger partial charge in [-0.3, -0.25) is 4.79 Å². The molecule has 1 atom stereocenters. The molecule has 94 valence electrons. The van der Waals surface area contributed by atoms with Crippen LogP contribution in [0.2, 0.25) is 0 Å². The maximum absolute atomic E-state index is 10.9. The Morgan fingerprint density at radius 1 is 1.50 bits per heavy atom. The highest BCUT2D eigenvalue weighted by molar-refractivity contribution is 5.73. The molecule has 0 saturated heterocycles. The number of nitrogens with one attached hydrogen (secondary N) is 1. The number of carboxylic acid groups (broad SMARTS) is 1. The average Bonchev–Trinajstić information content (AvgIpc) is 2.12. The van der Waals surface area contributed by atoms with Gasteiger partial charge < -0.3 is 15.2 Å². The summed E-state index contributed by atoms with van der Waals surface area (Å²) >= 11 is 0. The van der Waals surface area contributed by atoms with E-state index in [2.05, 4.69) is 5.32 Å². The van der Waals surface area contributed by atoms with E-state index in [0.29, 0.717) is 18.6 Å². The van der Waals surface area contributed by atoms with Gasteiger partial charge in [-0.2, -0.15) is 0 Å². The smallest absolute Gasteiger partial charge is 0.320 e. The first-order valence-electron chi connectivity index (χ1n) is 6.17. The molecule has 0 aromatic carbocycles. The number of hydrogen-bond donors (Lipinski definition) is 2. The second-order valence-corrected chi connectivity index (χ2v) is 4.82. The highest BCUT2D eigenvalue weighted by Gasteiger charge is 2.33. The monoisotopic (exact) mass is 229 g/mol. The van der Waals surface area contributed by atoms with Crippen LogP contribution in [0.1, 0.15) is 46.5 Å². The summed E-state index contributed by atoms with van der Waals surface area (Å²) in [5.74, 6) is -0.741. The van der Waals surface area contributed by atoms with Gasteiger partial charge in [-0.15, -0.1) is 0 Å². The van der Waals surface area contributed by atoms with Crippen molar-refractivity contribution in [3.8, 4) is 0 Å². The topological polar surface area (TPSA) is 58.6 Å². The first kappa shape index (κ1) is 13.5. The molecular formula is C12H23NO3. The van der Waals surface area contributed by atoms with Crippen molar-refractivity contribution in [1.29, 1.82) is 0 Å². The standard InChI is InChI=1S/C12H23NO3/c1-4-5-11(12(14)15)13-9-6-10(7-9)16-8(2)3/h8-11,13H,4-7H2,1-3H3,(H,14,15). The van der Waals surface area contributed by atoms with Crippen molar-refractivity contribution in [3.05, 3.63) is 0 Å². The Morgan fingerprint density at radius 2 is 2.12 bits per heavy atom. The van der Waals surface area contributed by atoms with E-state index in [0.717, 1.165) is 19.3 Å². The maximum Gasteiger partial charge on any atom is 0.320 e. The van der Waals surface area contributed by atoms with E-state index in [1.54, 1.807) is 0 Å². The van der Waals surface area contributed by atoms with Crippen molar-refractivity contribution < 1.29 is 14.6 Å². The lowest BCUT2D eigenvalue weighted by atomic mass is 9.88. The van der Waals surface area contributed by atoms with Crippen LogP contribution in [0, 0.1) is 0 Å². The second kappa shape index (κ2) is 6.21. The third-order valence-electron chi connectivity index (χ3n) is 2.87. The Morgan fingerprint density at radius 3 is 2.56 bits per heavy atom. The molecule has 1 saturated carbocycles. The van der Waals surface area contributed by atoms with Gasteiger partial charge in [-0.1, -0.05) is 13.3 Å². The molecule has 0 heterocycles. The zero-order valence-electron chi connectivity index (χ0n) is 10.4. The Hall–Kier alpha value is -0.610. The summed E-state index contributed by atoms with van der Waals surface area (Å²) < 4.78 is 5.63. The lowest BCUT2D eigenvalue weighted by Crippen LogP contribution is -2.52. The van der Waals surface area contributed by atoms with Gasteiger partial charge in [0.25, 0.3) is 0 Å². The molecule has 0 spiro atoms. The van der Waals surface area contributed by atoms with E-state index in [1.807, 2.05) is 20.8 Å². The van der Waals surface area contributed by atoms with Crippen LogP contribution in [-0.4, -0.2) is 35.4 Å². The Balaban J connectivity index is 2.21. The van der Waals surface area contributed by atoms with Crippen LogP contribution in [-0.2, 0) is 9.53 Å². The number of hydrogen-bond acceptors (Lipinski definition) is 3. The second-order valence-electron chi connectivity index (χ2n) is 4.82. The molecule has 16 heavy (non-hydrogen) atoms. The fraction of sp³-hybridized carbons (Fsp3) is 0.917. The highest BCUT2D eigenvalue weighted by atomic mass is 16.5. The van der Waals surface area contributed by atoms with Gasteiger partial charge in [0, 0.05) is 6.04 Å². The fourth-order valence-electron chi connectivity index (χ4n) is 2.05. The third kappa shape index (κ3) is 4.10. The molecule has 4 nitrogen and oxygen atoms in total. The van der Waals surface area contributed by atoms with Gasteiger partial charge in [0.15, 0.2) is 0 Å². The number of ether oxygens (including phenoxy) is 1. The molecule has 0 aromatic heterocycles. The summed E-state index contributed by atoms with van der Waals surface area (Å²) in [5, 5.41) is 12.2. The molecule has 0 aromatic rings. The number of aliphatic carboxylic acids is 1. The lowest BCUT2D eigenvalue weighted by molar-refractivity contribution is -0.140. The minimum absolute atomic E-state index is 0.261. The van der Waals surface area contributed by atoms with Crippen LogP contribution < -0.4 is 5.32 Å². The summed E-state index contributed by atoms with van der Waals surface area (Å²) in [6.07, 6.45) is 4.03. The minimum atomic E-state index is -0.741. The van der Waals surface area contributed by atoms with E-state index in [4.69, 9.17) is 9.84 Å². The predicted octanol–water partition coefficient (Wildman–Crippen LogP) is 1.79. The number of carbonyl (C=O) groups is 1. The molecule has 0 radical (unpaired) electrons. The Labute approximate surface area is 97.4 Å². The normalized spacial score (nSPS) is 26.5. The summed E-state index contributed by atoms with van der Waals surface area (Å²) in [4.78, 5) is 10.9. The molecule has 1 aliphatic rings. The van der Waals surface area contributed by atoms with Gasteiger partial charge in [-0.25, -0.2) is 0 Å². The molecule has 4 heteroatoms. The fourth-order valence-corrected chi connectivity index (χ4v) is 2.05. The van der Waals surface area contributed by atoms with Crippen molar-refractivity contribution >= 4 is 5.97 Å². The van der Waals surface area contributed by atoms with Crippen LogP contribution in [0.15, 0.2) is 0 Å². The molecule has 1 fully saturated rings. The van der Waals surface area contributed by atoms with Crippen LogP contribution in [0.5, 0.6) is 0 Å². The minimum Gasteiger partial charge on any atom is -0.480 e. The SMILES string of the molecule is CCCC(NC1CC(OC(C)C)C1)C(=O)O. The van der Waals surface area contributed by atoms with Crippen LogP contribution in [0.3, 0.4) is 0 Å². The van der Waals surface area contributed by atoms with Crippen LogP contribution in [0.25, 0.3) is 0 Å². The van der Waals surface area contributed by atoms with E-state index < -0.39 is 12.0 Å². The Bertz CT molecular complexity index is 224. The summed E-state index contributed by atoms with van der Waals surface area (Å²) in [5.41, 5.74) is 0. The quantitative estimate of drug-likeness (QED) is 0.698. The summed E-state index contributed by atoms with van der Waals surface area (Å²) in [6, 6.07) is -0.0774. The predicted molar refractivity (Wildman–Crippen MR) is 62.5 cm³/mol. The first-order valence-corrected chi connectivity index (χ1v) is 6.17. The van der Waals surface area contributed by atoms with Crippen molar-refractivity contribution in [1.82, 2.24) is 5.32 Å². The molecule has 0 aliphatic heterocycles. The van der Waals surface area contributed by atoms with E-state index >= 15 is 0 Å². The molecule has 0 amide bonds. The van der Waals surface area contributed by atoms with Crippen molar-refractivity contribution in [2.75, 3.05) is 0 Å². The van der Waals surface area contributed by atoms with Crippen LogP contribution in [0.4, 0.5) is 0 Å². The molecule has 1 aliphatic carbocycles. The average molecular weight is 229 g/mol. The van der Waals surface area contributed by atoms with Crippen molar-refractivity contribution in [2.24, 2.45) is 0 Å². The third-order valence-corrected chi connectivity index (χ3v) is 2.87. The maximum atomic E-state index is 10.9. The van der Waals surface area contributed by atoms with Crippen molar-refractivity contribution in [3.63, 3.8) is 0 Å². The largest absolute Gasteiger partial charge is 0.480 e. The molecule has 1 unspecified atom stereocenters. The molecule has 2 N–H and O–H groups in total. The summed E-state index contributed by atoms with van der Waals surface area (Å²) in [6.45, 7) is 6.05. The Kier molecular flexibility index (Phi) is 5.22. The van der Waals surface area contributed by atoms with Gasteiger partial charge in [-0.05, 0) is 33.1 Å². The van der Waals surface area contributed by atoms with E-state index in [9.17, 15) is 4.79 Å². The zero-order valence-corrected chi connectivity index (χ0v) is 10.4. The lowest BCUT2D eigenvalue weighted by Gasteiger charge is -2.38. The highest BCUT2D eigenvalue weighted by Crippen LogP contribution is 2.25. The van der Waals surface area contributed by atoms with Crippen molar-refractivity contribution in [2.45, 2.75) is 70.7 Å². The molecule has 1 rings (SSSR count). The molecular weight excluding hydrogens is 206 g/mol. The van der Waals surface area contributed by atoms with Gasteiger partial charge in [0.2, 0.25) is 0 Å². The van der Waals surface area contributed by atoms with Gasteiger partial charge in [0.1, 0.15) is 6.04 Å². The zero-order chi connectivity index (χ0) is 12.1. The molecule has 0 bridgehead atoms. The summed E-state index contributed by atoms with van der Waals surface area (Å²) in [7, 11) is 0. The van der Waals surface area contributed by atoms with Gasteiger partial charge in [0.05, 0.1) is 12.2 Å².